The fourth-order valence-corrected chi connectivity index (χ4v) is 2.95. The maximum Gasteiger partial charge on any atom is 0.130 e. The van der Waals surface area contributed by atoms with Crippen LogP contribution >= 0.6 is 27.3 Å². The molecule has 2 aromatic rings. The second kappa shape index (κ2) is 4.65. The largest absolute Gasteiger partial charge is 0.383 e. The third-order valence-corrected chi connectivity index (χ3v) is 4.05. The zero-order valence-corrected chi connectivity index (χ0v) is 11.0. The van der Waals surface area contributed by atoms with Gasteiger partial charge in [-0.05, 0) is 31.2 Å². The number of benzene rings is 1. The minimum absolute atomic E-state index is 0.296. The van der Waals surface area contributed by atoms with E-state index in [-0.39, 0.29) is 0 Å². The molecular formula is C12H10BrFOS. The Hall–Kier alpha value is -0.710. The van der Waals surface area contributed by atoms with Crippen LogP contribution in [0.4, 0.5) is 4.39 Å². The van der Waals surface area contributed by atoms with Crippen molar-refractivity contribution in [1.82, 2.24) is 0 Å². The van der Waals surface area contributed by atoms with E-state index in [2.05, 4.69) is 15.9 Å². The summed E-state index contributed by atoms with van der Waals surface area (Å²) in [5.41, 5.74) is 0.296. The Labute approximate surface area is 106 Å². The first kappa shape index (κ1) is 11.8. The predicted molar refractivity (Wildman–Crippen MR) is 67.2 cm³/mol. The van der Waals surface area contributed by atoms with E-state index in [1.807, 2.05) is 19.1 Å². The van der Waals surface area contributed by atoms with Crippen LogP contribution in [-0.2, 0) is 0 Å². The van der Waals surface area contributed by atoms with Crippen LogP contribution in [0.3, 0.4) is 0 Å². The molecule has 0 aliphatic heterocycles. The number of thiophene rings is 1. The summed E-state index contributed by atoms with van der Waals surface area (Å²) in [5, 5.41) is 10.1. The summed E-state index contributed by atoms with van der Waals surface area (Å²) in [7, 11) is 0. The van der Waals surface area contributed by atoms with E-state index in [0.717, 1.165) is 9.75 Å². The average molecular weight is 301 g/mol. The maximum atomic E-state index is 13.6. The molecule has 0 bridgehead atoms. The minimum atomic E-state index is -0.908. The van der Waals surface area contributed by atoms with Gasteiger partial charge in [-0.25, -0.2) is 4.39 Å². The van der Waals surface area contributed by atoms with Crippen LogP contribution in [0.5, 0.6) is 0 Å². The summed E-state index contributed by atoms with van der Waals surface area (Å²) in [6.07, 6.45) is -0.908. The van der Waals surface area contributed by atoms with Gasteiger partial charge in [0.25, 0.3) is 0 Å². The third-order valence-electron chi connectivity index (χ3n) is 2.30. The summed E-state index contributed by atoms with van der Waals surface area (Å²) in [6.45, 7) is 1.96. The highest BCUT2D eigenvalue weighted by molar-refractivity contribution is 9.10. The molecule has 1 heterocycles. The standard InChI is InChI=1S/C12H10BrFOS/c1-7-5-6-10(16-7)12(15)11-8(13)3-2-4-9(11)14/h2-6,12,15H,1H3. The molecule has 84 valence electrons. The van der Waals surface area contributed by atoms with E-state index in [4.69, 9.17) is 0 Å². The van der Waals surface area contributed by atoms with Crippen LogP contribution in [-0.4, -0.2) is 5.11 Å². The predicted octanol–water partition coefficient (Wildman–Crippen LogP) is 4.04. The lowest BCUT2D eigenvalue weighted by atomic mass is 10.1. The Kier molecular flexibility index (Phi) is 3.42. The van der Waals surface area contributed by atoms with E-state index in [1.54, 1.807) is 12.1 Å². The third kappa shape index (κ3) is 2.19. The van der Waals surface area contributed by atoms with Gasteiger partial charge in [-0.2, -0.15) is 0 Å². The number of hydrogen-bond acceptors (Lipinski definition) is 2. The van der Waals surface area contributed by atoms with Crippen molar-refractivity contribution in [1.29, 1.82) is 0 Å². The van der Waals surface area contributed by atoms with Crippen molar-refractivity contribution in [2.45, 2.75) is 13.0 Å². The molecular weight excluding hydrogens is 291 g/mol. The normalized spacial score (nSPS) is 12.8. The molecule has 1 unspecified atom stereocenters. The first-order valence-electron chi connectivity index (χ1n) is 4.78. The fraction of sp³-hybridized carbons (Fsp3) is 0.167. The van der Waals surface area contributed by atoms with Gasteiger partial charge in [-0.1, -0.05) is 22.0 Å². The molecule has 1 aromatic heterocycles. The van der Waals surface area contributed by atoms with Crippen LogP contribution in [0, 0.1) is 12.7 Å². The van der Waals surface area contributed by atoms with Crippen molar-refractivity contribution < 1.29 is 9.50 Å². The van der Waals surface area contributed by atoms with Crippen LogP contribution in [0.1, 0.15) is 21.4 Å². The fourth-order valence-electron chi connectivity index (χ4n) is 1.51. The molecule has 1 nitrogen and oxygen atoms in total. The van der Waals surface area contributed by atoms with Gasteiger partial charge < -0.3 is 5.11 Å². The molecule has 0 saturated heterocycles. The molecule has 0 saturated carbocycles. The number of aryl methyl sites for hydroxylation is 1. The Bertz CT molecular complexity index is 489. The summed E-state index contributed by atoms with van der Waals surface area (Å²) >= 11 is 4.73. The molecule has 0 aliphatic rings. The molecule has 4 heteroatoms. The average Bonchev–Trinajstić information content (AvgIpc) is 2.64. The van der Waals surface area contributed by atoms with Crippen LogP contribution in [0.15, 0.2) is 34.8 Å². The van der Waals surface area contributed by atoms with Gasteiger partial charge in [0.05, 0.1) is 0 Å². The molecule has 1 aromatic carbocycles. The first-order valence-corrected chi connectivity index (χ1v) is 6.39. The van der Waals surface area contributed by atoms with Crippen LogP contribution < -0.4 is 0 Å². The van der Waals surface area contributed by atoms with Gasteiger partial charge in [0.2, 0.25) is 0 Å². The smallest absolute Gasteiger partial charge is 0.130 e. The molecule has 0 fully saturated rings. The van der Waals surface area contributed by atoms with Gasteiger partial charge >= 0.3 is 0 Å². The highest BCUT2D eigenvalue weighted by Crippen LogP contribution is 2.33. The van der Waals surface area contributed by atoms with Gasteiger partial charge in [-0.3, -0.25) is 0 Å². The maximum absolute atomic E-state index is 13.6. The highest BCUT2D eigenvalue weighted by atomic mass is 79.9. The van der Waals surface area contributed by atoms with Crippen molar-refractivity contribution in [2.24, 2.45) is 0 Å². The molecule has 16 heavy (non-hydrogen) atoms. The van der Waals surface area contributed by atoms with Crippen LogP contribution in [0.2, 0.25) is 0 Å². The van der Waals surface area contributed by atoms with Crippen molar-refractivity contribution >= 4 is 27.3 Å². The number of aliphatic hydroxyl groups excluding tert-OH is 1. The van der Waals surface area contributed by atoms with E-state index >= 15 is 0 Å². The monoisotopic (exact) mass is 300 g/mol. The van der Waals surface area contributed by atoms with Gasteiger partial charge in [-0.15, -0.1) is 11.3 Å². The summed E-state index contributed by atoms with van der Waals surface area (Å²) in [5.74, 6) is -0.395. The lowest BCUT2D eigenvalue weighted by Crippen LogP contribution is -2.01. The SMILES string of the molecule is Cc1ccc(C(O)c2c(F)cccc2Br)s1. The number of aliphatic hydroxyl groups is 1. The lowest BCUT2D eigenvalue weighted by Gasteiger charge is -2.11. The van der Waals surface area contributed by atoms with Crippen molar-refractivity contribution in [3.63, 3.8) is 0 Å². The van der Waals surface area contributed by atoms with Crippen LogP contribution in [0.25, 0.3) is 0 Å². The first-order chi connectivity index (χ1) is 7.59. The minimum Gasteiger partial charge on any atom is -0.383 e. The van der Waals surface area contributed by atoms with E-state index in [0.29, 0.717) is 10.0 Å². The van der Waals surface area contributed by atoms with E-state index < -0.39 is 11.9 Å². The van der Waals surface area contributed by atoms with Crippen molar-refractivity contribution in [3.05, 3.63) is 55.9 Å². The van der Waals surface area contributed by atoms with E-state index in [9.17, 15) is 9.50 Å². The quantitative estimate of drug-likeness (QED) is 0.887. The Balaban J connectivity index is 2.45. The second-order valence-corrected chi connectivity index (χ2v) is 5.66. The summed E-state index contributed by atoms with van der Waals surface area (Å²) in [6, 6.07) is 8.42. The zero-order valence-electron chi connectivity index (χ0n) is 8.58. The molecule has 0 amide bonds. The highest BCUT2D eigenvalue weighted by Gasteiger charge is 2.19. The molecule has 2 rings (SSSR count). The van der Waals surface area contributed by atoms with Gasteiger partial charge in [0.15, 0.2) is 0 Å². The Morgan fingerprint density at radius 2 is 2.06 bits per heavy atom. The molecule has 0 aliphatic carbocycles. The molecule has 0 spiro atoms. The number of rotatable bonds is 2. The molecule has 1 atom stereocenters. The molecule has 1 N–H and O–H groups in total. The Morgan fingerprint density at radius 3 is 2.62 bits per heavy atom. The Morgan fingerprint density at radius 1 is 1.31 bits per heavy atom. The van der Waals surface area contributed by atoms with Gasteiger partial charge in [0.1, 0.15) is 11.9 Å². The van der Waals surface area contributed by atoms with Gasteiger partial charge in [0, 0.05) is 19.8 Å². The van der Waals surface area contributed by atoms with Crippen molar-refractivity contribution in [2.75, 3.05) is 0 Å². The number of hydrogen-bond donors (Lipinski definition) is 1. The van der Waals surface area contributed by atoms with E-state index in [1.165, 1.54) is 17.4 Å². The number of halogens is 2. The zero-order chi connectivity index (χ0) is 11.7. The summed E-state index contributed by atoms with van der Waals surface area (Å²) in [4.78, 5) is 1.85. The lowest BCUT2D eigenvalue weighted by molar-refractivity contribution is 0.218. The van der Waals surface area contributed by atoms with Crippen molar-refractivity contribution in [3.8, 4) is 0 Å². The second-order valence-electron chi connectivity index (χ2n) is 3.49. The summed E-state index contributed by atoms with van der Waals surface area (Å²) < 4.78 is 14.2. The molecule has 0 radical (unpaired) electrons. The topological polar surface area (TPSA) is 20.2 Å².